The summed E-state index contributed by atoms with van der Waals surface area (Å²) in [6, 6.07) is 8.28. The van der Waals surface area contributed by atoms with E-state index >= 15 is 0 Å². The van der Waals surface area contributed by atoms with Gasteiger partial charge in [-0.3, -0.25) is 4.79 Å². The zero-order chi connectivity index (χ0) is 14.0. The van der Waals surface area contributed by atoms with E-state index in [1.165, 1.54) is 18.2 Å². The molecule has 0 spiro atoms. The predicted octanol–water partition coefficient (Wildman–Crippen LogP) is 3.97. The first kappa shape index (κ1) is 13.6. The van der Waals surface area contributed by atoms with Gasteiger partial charge in [0.1, 0.15) is 5.82 Å². The highest BCUT2D eigenvalue weighted by molar-refractivity contribution is 6.34. The summed E-state index contributed by atoms with van der Waals surface area (Å²) in [6.07, 6.45) is 0. The van der Waals surface area contributed by atoms with E-state index in [1.807, 2.05) is 0 Å². The minimum atomic E-state index is -0.540. The van der Waals surface area contributed by atoms with Gasteiger partial charge in [-0.05, 0) is 36.4 Å². The van der Waals surface area contributed by atoms with Gasteiger partial charge in [0.15, 0.2) is 0 Å². The highest BCUT2D eigenvalue weighted by Crippen LogP contribution is 2.22. The number of hydrogen-bond acceptors (Lipinski definition) is 2. The molecular weight excluding hydrogens is 290 g/mol. The van der Waals surface area contributed by atoms with Crippen LogP contribution in [0.4, 0.5) is 15.8 Å². The van der Waals surface area contributed by atoms with E-state index in [9.17, 15) is 9.18 Å². The number of nitrogens with two attached hydrogens (primary N) is 1. The van der Waals surface area contributed by atoms with E-state index in [0.717, 1.165) is 12.1 Å². The minimum absolute atomic E-state index is 0.189. The molecule has 0 saturated heterocycles. The van der Waals surface area contributed by atoms with E-state index in [-0.39, 0.29) is 21.3 Å². The number of carbonyl (C=O) groups excluding carboxylic acids is 1. The van der Waals surface area contributed by atoms with Gasteiger partial charge in [0.25, 0.3) is 5.91 Å². The molecule has 3 nitrogen and oxygen atoms in total. The molecule has 0 radical (unpaired) electrons. The number of amides is 1. The van der Waals surface area contributed by atoms with Crippen LogP contribution in [0.15, 0.2) is 36.4 Å². The summed E-state index contributed by atoms with van der Waals surface area (Å²) in [5, 5.41) is 2.95. The Hall–Kier alpha value is -1.78. The molecule has 0 aliphatic rings. The van der Waals surface area contributed by atoms with Crippen LogP contribution >= 0.6 is 23.2 Å². The van der Waals surface area contributed by atoms with Crippen molar-refractivity contribution in [1.29, 1.82) is 0 Å². The standard InChI is InChI=1S/C13H9Cl2FN2O/c14-7-3-8(16)5-10(4-7)18-13(19)11-6-9(17)1-2-12(11)15/h1-6H,17H2,(H,18,19). The third kappa shape index (κ3) is 3.36. The zero-order valence-corrected chi connectivity index (χ0v) is 11.1. The summed E-state index contributed by atoms with van der Waals surface area (Å²) >= 11 is 11.6. The average Bonchev–Trinajstić information content (AvgIpc) is 2.30. The van der Waals surface area contributed by atoms with Crippen molar-refractivity contribution >= 4 is 40.5 Å². The molecule has 1 amide bonds. The van der Waals surface area contributed by atoms with Crippen LogP contribution in [0.1, 0.15) is 10.4 Å². The Bertz CT molecular complexity index is 626. The molecule has 0 heterocycles. The second-order valence-corrected chi connectivity index (χ2v) is 4.70. The predicted molar refractivity (Wildman–Crippen MR) is 75.2 cm³/mol. The van der Waals surface area contributed by atoms with Crippen molar-refractivity contribution in [2.45, 2.75) is 0 Å². The van der Waals surface area contributed by atoms with Crippen LogP contribution in [0.2, 0.25) is 10.0 Å². The number of rotatable bonds is 2. The topological polar surface area (TPSA) is 55.1 Å². The molecule has 0 saturated carbocycles. The first-order valence-electron chi connectivity index (χ1n) is 5.28. The van der Waals surface area contributed by atoms with E-state index in [1.54, 1.807) is 6.07 Å². The van der Waals surface area contributed by atoms with Gasteiger partial charge in [0.2, 0.25) is 0 Å². The van der Waals surface area contributed by atoms with Crippen LogP contribution in [0, 0.1) is 5.82 Å². The highest BCUT2D eigenvalue weighted by Gasteiger charge is 2.11. The van der Waals surface area contributed by atoms with E-state index in [0.29, 0.717) is 5.69 Å². The first-order chi connectivity index (χ1) is 8.95. The van der Waals surface area contributed by atoms with Crippen molar-refractivity contribution in [3.05, 3.63) is 57.8 Å². The molecule has 0 fully saturated rings. The molecule has 2 aromatic carbocycles. The van der Waals surface area contributed by atoms with Gasteiger partial charge in [-0.25, -0.2) is 4.39 Å². The number of carbonyl (C=O) groups is 1. The largest absolute Gasteiger partial charge is 0.399 e. The molecule has 0 bridgehead atoms. The lowest BCUT2D eigenvalue weighted by Gasteiger charge is -2.08. The van der Waals surface area contributed by atoms with Crippen LogP contribution in [-0.2, 0) is 0 Å². The Labute approximate surface area is 119 Å². The maximum atomic E-state index is 13.1. The Kier molecular flexibility index (Phi) is 3.93. The van der Waals surface area contributed by atoms with Crippen molar-refractivity contribution in [1.82, 2.24) is 0 Å². The summed E-state index contributed by atoms with van der Waals surface area (Å²) in [5.41, 5.74) is 6.45. The van der Waals surface area contributed by atoms with Crippen molar-refractivity contribution < 1.29 is 9.18 Å². The molecule has 0 aliphatic heterocycles. The smallest absolute Gasteiger partial charge is 0.257 e. The van der Waals surface area contributed by atoms with Gasteiger partial charge in [-0.2, -0.15) is 0 Å². The van der Waals surface area contributed by atoms with Gasteiger partial charge in [0, 0.05) is 16.4 Å². The zero-order valence-electron chi connectivity index (χ0n) is 9.58. The van der Waals surface area contributed by atoms with Gasteiger partial charge in [-0.15, -0.1) is 0 Å². The number of nitrogens with one attached hydrogen (secondary N) is 1. The fourth-order valence-corrected chi connectivity index (χ4v) is 1.97. The molecule has 6 heteroatoms. The quantitative estimate of drug-likeness (QED) is 0.824. The van der Waals surface area contributed by atoms with Crippen molar-refractivity contribution in [2.24, 2.45) is 0 Å². The fourth-order valence-electron chi connectivity index (χ4n) is 1.54. The van der Waals surface area contributed by atoms with Crippen LogP contribution < -0.4 is 11.1 Å². The fraction of sp³-hybridized carbons (Fsp3) is 0. The Morgan fingerprint density at radius 2 is 1.89 bits per heavy atom. The van der Waals surface area contributed by atoms with Crippen molar-refractivity contribution in [3.63, 3.8) is 0 Å². The number of nitrogen functional groups attached to an aromatic ring is 1. The number of halogens is 3. The lowest BCUT2D eigenvalue weighted by Crippen LogP contribution is -2.13. The molecule has 19 heavy (non-hydrogen) atoms. The monoisotopic (exact) mass is 298 g/mol. The first-order valence-corrected chi connectivity index (χ1v) is 6.04. The van der Waals surface area contributed by atoms with Crippen LogP contribution in [0.5, 0.6) is 0 Å². The molecule has 3 N–H and O–H groups in total. The second kappa shape index (κ2) is 5.47. The van der Waals surface area contributed by atoms with E-state index < -0.39 is 11.7 Å². The SMILES string of the molecule is Nc1ccc(Cl)c(C(=O)Nc2cc(F)cc(Cl)c2)c1. The van der Waals surface area contributed by atoms with Crippen LogP contribution in [-0.4, -0.2) is 5.91 Å². The second-order valence-electron chi connectivity index (χ2n) is 3.85. The summed E-state index contributed by atoms with van der Waals surface area (Å²) in [4.78, 5) is 12.0. The lowest BCUT2D eigenvalue weighted by molar-refractivity contribution is 0.102. The summed E-state index contributed by atoms with van der Waals surface area (Å²) in [5.74, 6) is -1.03. The van der Waals surface area contributed by atoms with Gasteiger partial charge in [0.05, 0.1) is 10.6 Å². The normalized spacial score (nSPS) is 10.3. The van der Waals surface area contributed by atoms with Crippen molar-refractivity contribution in [2.75, 3.05) is 11.1 Å². The number of anilines is 2. The lowest BCUT2D eigenvalue weighted by atomic mass is 10.2. The van der Waals surface area contributed by atoms with Gasteiger partial charge >= 0.3 is 0 Å². The molecule has 98 valence electrons. The van der Waals surface area contributed by atoms with Crippen LogP contribution in [0.25, 0.3) is 0 Å². The van der Waals surface area contributed by atoms with Crippen molar-refractivity contribution in [3.8, 4) is 0 Å². The maximum absolute atomic E-state index is 13.1. The molecule has 0 aromatic heterocycles. The summed E-state index contributed by atoms with van der Waals surface area (Å²) in [7, 11) is 0. The Balaban J connectivity index is 2.28. The molecule has 0 aliphatic carbocycles. The number of hydrogen-bond donors (Lipinski definition) is 2. The number of benzene rings is 2. The Morgan fingerprint density at radius 3 is 2.58 bits per heavy atom. The van der Waals surface area contributed by atoms with Crippen LogP contribution in [0.3, 0.4) is 0 Å². The highest BCUT2D eigenvalue weighted by atomic mass is 35.5. The molecule has 2 rings (SSSR count). The average molecular weight is 299 g/mol. The molecule has 0 atom stereocenters. The maximum Gasteiger partial charge on any atom is 0.257 e. The summed E-state index contributed by atoms with van der Waals surface area (Å²) < 4.78 is 13.1. The third-order valence-corrected chi connectivity index (χ3v) is 2.90. The van der Waals surface area contributed by atoms with Gasteiger partial charge in [-0.1, -0.05) is 23.2 Å². The molecule has 2 aromatic rings. The summed E-state index contributed by atoms with van der Waals surface area (Å²) in [6.45, 7) is 0. The van der Waals surface area contributed by atoms with E-state index in [2.05, 4.69) is 5.32 Å². The molecule has 0 unspecified atom stereocenters. The minimum Gasteiger partial charge on any atom is -0.399 e. The Morgan fingerprint density at radius 1 is 1.16 bits per heavy atom. The molecular formula is C13H9Cl2FN2O. The van der Waals surface area contributed by atoms with Gasteiger partial charge < -0.3 is 11.1 Å². The third-order valence-electron chi connectivity index (χ3n) is 2.36. The van der Waals surface area contributed by atoms with E-state index in [4.69, 9.17) is 28.9 Å².